The van der Waals surface area contributed by atoms with Gasteiger partial charge in [-0.25, -0.2) is 0 Å². The molecule has 0 radical (unpaired) electrons. The van der Waals surface area contributed by atoms with Crippen molar-refractivity contribution >= 4 is 38.4 Å². The van der Waals surface area contributed by atoms with Crippen LogP contribution >= 0.6 is 27.5 Å². The Morgan fingerprint density at radius 3 is 2.75 bits per heavy atom. The molecule has 2 aromatic rings. The molecule has 16 heavy (non-hydrogen) atoms. The highest BCUT2D eigenvalue weighted by atomic mass is 79.9. The molecule has 3 heteroatoms. The van der Waals surface area contributed by atoms with Crippen molar-refractivity contribution in [2.45, 2.75) is 25.7 Å². The van der Waals surface area contributed by atoms with Gasteiger partial charge in [-0.3, -0.25) is 4.98 Å². The van der Waals surface area contributed by atoms with E-state index < -0.39 is 0 Å². The van der Waals surface area contributed by atoms with E-state index in [4.69, 9.17) is 16.6 Å². The number of halogens is 2. The number of hydrogen-bond donors (Lipinski definition) is 0. The van der Waals surface area contributed by atoms with Gasteiger partial charge in [0.15, 0.2) is 0 Å². The van der Waals surface area contributed by atoms with Crippen LogP contribution in [0.4, 0.5) is 0 Å². The van der Waals surface area contributed by atoms with Crippen LogP contribution in [0.1, 0.15) is 30.0 Å². The fourth-order valence-electron chi connectivity index (χ4n) is 2.02. The Morgan fingerprint density at radius 1 is 1.31 bits per heavy atom. The van der Waals surface area contributed by atoms with Crippen molar-refractivity contribution in [2.75, 3.05) is 0 Å². The first kappa shape index (κ1) is 10.5. The van der Waals surface area contributed by atoms with Gasteiger partial charge >= 0.3 is 0 Å². The summed E-state index contributed by atoms with van der Waals surface area (Å²) in [5.41, 5.74) is 3.37. The molecule has 0 aliphatic heterocycles. The highest BCUT2D eigenvalue weighted by Crippen LogP contribution is 2.41. The lowest BCUT2D eigenvalue weighted by atomic mass is 10.1. The second-order valence-corrected chi connectivity index (χ2v) is 5.74. The Hall–Kier alpha value is -0.600. The Labute approximate surface area is 108 Å². The van der Waals surface area contributed by atoms with E-state index in [1.54, 1.807) is 0 Å². The Kier molecular flexibility index (Phi) is 2.45. The quantitative estimate of drug-likeness (QED) is 0.734. The van der Waals surface area contributed by atoms with Crippen LogP contribution in [0.15, 0.2) is 22.7 Å². The molecule has 1 heterocycles. The maximum atomic E-state index is 6.32. The topological polar surface area (TPSA) is 12.9 Å². The second-order valence-electron chi connectivity index (χ2n) is 4.42. The van der Waals surface area contributed by atoms with Crippen LogP contribution in [0.3, 0.4) is 0 Å². The van der Waals surface area contributed by atoms with Gasteiger partial charge in [-0.15, -0.1) is 0 Å². The highest BCUT2D eigenvalue weighted by molar-refractivity contribution is 9.10. The van der Waals surface area contributed by atoms with Crippen LogP contribution in [0.25, 0.3) is 10.9 Å². The molecule has 1 nitrogen and oxygen atoms in total. The van der Waals surface area contributed by atoms with Gasteiger partial charge in [-0.1, -0.05) is 27.5 Å². The average Bonchev–Trinajstić information content (AvgIpc) is 3.02. The van der Waals surface area contributed by atoms with Crippen molar-refractivity contribution in [2.24, 2.45) is 0 Å². The average molecular weight is 297 g/mol. The van der Waals surface area contributed by atoms with Crippen LogP contribution in [-0.2, 0) is 0 Å². The summed E-state index contributed by atoms with van der Waals surface area (Å²) in [5, 5.41) is 1.86. The number of aryl methyl sites for hydroxylation is 1. The van der Waals surface area contributed by atoms with E-state index in [-0.39, 0.29) is 0 Å². The molecule has 0 amide bonds. The van der Waals surface area contributed by atoms with Gasteiger partial charge in [0, 0.05) is 21.5 Å². The van der Waals surface area contributed by atoms with Gasteiger partial charge in [0.2, 0.25) is 0 Å². The zero-order valence-electron chi connectivity index (χ0n) is 8.93. The summed E-state index contributed by atoms with van der Waals surface area (Å²) in [7, 11) is 0. The van der Waals surface area contributed by atoms with Crippen molar-refractivity contribution < 1.29 is 0 Å². The summed E-state index contributed by atoms with van der Waals surface area (Å²) in [6.45, 7) is 2.08. The molecule has 1 aromatic heterocycles. The van der Waals surface area contributed by atoms with E-state index in [9.17, 15) is 0 Å². The first-order chi connectivity index (χ1) is 7.65. The first-order valence-corrected chi connectivity index (χ1v) is 6.58. The molecular weight excluding hydrogens is 286 g/mol. The summed E-state index contributed by atoms with van der Waals surface area (Å²) >= 11 is 9.81. The number of rotatable bonds is 1. The maximum absolute atomic E-state index is 6.32. The van der Waals surface area contributed by atoms with E-state index in [0.717, 1.165) is 26.1 Å². The van der Waals surface area contributed by atoms with Crippen molar-refractivity contribution in [3.63, 3.8) is 0 Å². The summed E-state index contributed by atoms with van der Waals surface area (Å²) in [6, 6.07) is 6.14. The predicted octanol–water partition coefficient (Wildman–Crippen LogP) is 4.84. The first-order valence-electron chi connectivity index (χ1n) is 5.41. The van der Waals surface area contributed by atoms with Crippen molar-refractivity contribution in [3.8, 4) is 0 Å². The molecule has 0 spiro atoms. The second kappa shape index (κ2) is 3.71. The molecule has 1 fully saturated rings. The summed E-state index contributed by atoms with van der Waals surface area (Å²) in [4.78, 5) is 4.73. The van der Waals surface area contributed by atoms with Gasteiger partial charge in [0.25, 0.3) is 0 Å². The van der Waals surface area contributed by atoms with Crippen molar-refractivity contribution in [1.29, 1.82) is 0 Å². The highest BCUT2D eigenvalue weighted by Gasteiger charge is 2.26. The fourth-order valence-corrected chi connectivity index (χ4v) is 2.85. The predicted molar refractivity (Wildman–Crippen MR) is 71.2 cm³/mol. The standard InChI is InChI=1S/C13H11BrClN/c1-7-4-9(14)5-10-11(15)6-12(8-2-3-8)16-13(7)10/h4-6,8H,2-3H2,1H3. The maximum Gasteiger partial charge on any atom is 0.0750 e. The minimum absolute atomic E-state index is 0.643. The fraction of sp³-hybridized carbons (Fsp3) is 0.308. The lowest BCUT2D eigenvalue weighted by Gasteiger charge is -2.07. The van der Waals surface area contributed by atoms with Crippen LogP contribution in [0.2, 0.25) is 5.02 Å². The van der Waals surface area contributed by atoms with Gasteiger partial charge < -0.3 is 0 Å². The van der Waals surface area contributed by atoms with E-state index >= 15 is 0 Å². The van der Waals surface area contributed by atoms with Crippen LogP contribution in [0.5, 0.6) is 0 Å². The molecular formula is C13H11BrClN. The van der Waals surface area contributed by atoms with Crippen LogP contribution in [-0.4, -0.2) is 4.98 Å². The lowest BCUT2D eigenvalue weighted by Crippen LogP contribution is -1.91. The normalized spacial score (nSPS) is 15.7. The van der Waals surface area contributed by atoms with Gasteiger partial charge in [-0.2, -0.15) is 0 Å². The molecule has 0 bridgehead atoms. The van der Waals surface area contributed by atoms with Crippen LogP contribution in [0, 0.1) is 6.92 Å². The lowest BCUT2D eigenvalue weighted by molar-refractivity contribution is 1.04. The molecule has 0 saturated heterocycles. The number of aromatic nitrogens is 1. The van der Waals surface area contributed by atoms with E-state index in [1.165, 1.54) is 18.4 Å². The molecule has 1 aliphatic rings. The minimum atomic E-state index is 0.643. The van der Waals surface area contributed by atoms with E-state index in [2.05, 4.69) is 28.9 Å². The molecule has 1 aromatic carbocycles. The minimum Gasteiger partial charge on any atom is -0.252 e. The van der Waals surface area contributed by atoms with Crippen molar-refractivity contribution in [3.05, 3.63) is 39.0 Å². The third kappa shape index (κ3) is 1.74. The van der Waals surface area contributed by atoms with Gasteiger partial charge in [-0.05, 0) is 43.5 Å². The summed E-state index contributed by atoms with van der Waals surface area (Å²) < 4.78 is 1.06. The number of pyridine rings is 1. The van der Waals surface area contributed by atoms with Gasteiger partial charge in [0.1, 0.15) is 0 Å². The molecule has 0 atom stereocenters. The monoisotopic (exact) mass is 295 g/mol. The largest absolute Gasteiger partial charge is 0.252 e. The molecule has 1 saturated carbocycles. The van der Waals surface area contributed by atoms with Crippen molar-refractivity contribution in [1.82, 2.24) is 4.98 Å². The number of hydrogen-bond acceptors (Lipinski definition) is 1. The molecule has 0 unspecified atom stereocenters. The van der Waals surface area contributed by atoms with Crippen LogP contribution < -0.4 is 0 Å². The number of nitrogens with zero attached hydrogens (tertiary/aromatic N) is 1. The smallest absolute Gasteiger partial charge is 0.0750 e. The van der Waals surface area contributed by atoms with Gasteiger partial charge in [0.05, 0.1) is 10.5 Å². The van der Waals surface area contributed by atoms with E-state index in [1.807, 2.05) is 12.1 Å². The molecule has 82 valence electrons. The molecule has 0 N–H and O–H groups in total. The number of fused-ring (bicyclic) bond motifs is 1. The SMILES string of the molecule is Cc1cc(Br)cc2c(Cl)cc(C3CC3)nc12. The Bertz CT molecular complexity index is 576. The van der Waals surface area contributed by atoms with E-state index in [0.29, 0.717) is 5.92 Å². The summed E-state index contributed by atoms with van der Waals surface area (Å²) in [6.07, 6.45) is 2.51. The molecule has 1 aliphatic carbocycles. The zero-order valence-corrected chi connectivity index (χ0v) is 11.3. The zero-order chi connectivity index (χ0) is 11.3. The molecule has 3 rings (SSSR count). The summed E-state index contributed by atoms with van der Waals surface area (Å²) in [5.74, 6) is 0.643. The number of benzene rings is 1. The Balaban J connectivity index is 2.32. The third-order valence-corrected chi connectivity index (χ3v) is 3.80. The Morgan fingerprint density at radius 2 is 2.06 bits per heavy atom. The third-order valence-electron chi connectivity index (χ3n) is 3.03.